The molecule has 1 aromatic carbocycles. The molecule has 5 heteroatoms. The maximum atomic E-state index is 5.76. The Hall–Kier alpha value is -1.59. The maximum absolute atomic E-state index is 5.76. The van der Waals surface area contributed by atoms with Crippen LogP contribution >= 0.6 is 0 Å². The van der Waals surface area contributed by atoms with Crippen LogP contribution in [-0.4, -0.2) is 45.9 Å². The molecule has 0 aromatic heterocycles. The second kappa shape index (κ2) is 13.8. The molecule has 0 radical (unpaired) electrons. The first-order valence-electron chi connectivity index (χ1n) is 8.90. The summed E-state index contributed by atoms with van der Waals surface area (Å²) in [6.07, 6.45) is 2.29. The van der Waals surface area contributed by atoms with Crippen LogP contribution in [0.2, 0.25) is 0 Å². The van der Waals surface area contributed by atoms with Gasteiger partial charge in [-0.15, -0.1) is 0 Å². The summed E-state index contributed by atoms with van der Waals surface area (Å²) in [4.78, 5) is 4.22. The highest BCUT2D eigenvalue weighted by Crippen LogP contribution is 2.02. The van der Waals surface area contributed by atoms with Gasteiger partial charge in [0.2, 0.25) is 0 Å². The SMILES string of the molecule is CCCCOCCNC(=NC)NCC(C)COCc1ccccc1. The van der Waals surface area contributed by atoms with Gasteiger partial charge >= 0.3 is 0 Å². The number of guanidine groups is 1. The molecule has 0 bridgehead atoms. The van der Waals surface area contributed by atoms with Gasteiger partial charge in [-0.1, -0.05) is 50.6 Å². The third kappa shape index (κ3) is 10.2. The Balaban J connectivity index is 2.07. The third-order valence-electron chi connectivity index (χ3n) is 3.54. The molecule has 2 N–H and O–H groups in total. The van der Waals surface area contributed by atoms with Gasteiger partial charge < -0.3 is 20.1 Å². The molecular formula is C19H33N3O2. The van der Waals surface area contributed by atoms with Crippen molar-refractivity contribution in [1.29, 1.82) is 0 Å². The molecule has 0 aliphatic rings. The van der Waals surface area contributed by atoms with Gasteiger partial charge in [0.15, 0.2) is 5.96 Å². The number of hydrogen-bond acceptors (Lipinski definition) is 3. The first-order valence-corrected chi connectivity index (χ1v) is 8.90. The summed E-state index contributed by atoms with van der Waals surface area (Å²) in [6.45, 7) is 8.84. The van der Waals surface area contributed by atoms with Crippen LogP contribution in [0, 0.1) is 5.92 Å². The molecule has 1 atom stereocenters. The van der Waals surface area contributed by atoms with Crippen LogP contribution in [0.5, 0.6) is 0 Å². The average molecular weight is 335 g/mol. The Kier molecular flexibility index (Phi) is 11.8. The maximum Gasteiger partial charge on any atom is 0.191 e. The molecule has 0 amide bonds. The van der Waals surface area contributed by atoms with Crippen LogP contribution in [0.4, 0.5) is 0 Å². The highest BCUT2D eigenvalue weighted by Gasteiger charge is 2.04. The van der Waals surface area contributed by atoms with Gasteiger partial charge in [0, 0.05) is 26.7 Å². The first-order chi connectivity index (χ1) is 11.8. The largest absolute Gasteiger partial charge is 0.380 e. The van der Waals surface area contributed by atoms with E-state index in [1.165, 1.54) is 12.0 Å². The van der Waals surface area contributed by atoms with Crippen LogP contribution in [0.25, 0.3) is 0 Å². The van der Waals surface area contributed by atoms with Gasteiger partial charge in [0.1, 0.15) is 0 Å². The highest BCUT2D eigenvalue weighted by atomic mass is 16.5. The zero-order valence-electron chi connectivity index (χ0n) is 15.4. The Morgan fingerprint density at radius 3 is 2.62 bits per heavy atom. The fraction of sp³-hybridized carbons (Fsp3) is 0.632. The smallest absolute Gasteiger partial charge is 0.191 e. The van der Waals surface area contributed by atoms with E-state index in [0.29, 0.717) is 19.1 Å². The van der Waals surface area contributed by atoms with E-state index in [4.69, 9.17) is 9.47 Å². The zero-order valence-corrected chi connectivity index (χ0v) is 15.4. The fourth-order valence-electron chi connectivity index (χ4n) is 2.09. The van der Waals surface area contributed by atoms with Crippen molar-refractivity contribution in [3.8, 4) is 0 Å². The van der Waals surface area contributed by atoms with E-state index in [9.17, 15) is 0 Å². The molecule has 0 fully saturated rings. The van der Waals surface area contributed by atoms with E-state index < -0.39 is 0 Å². The lowest BCUT2D eigenvalue weighted by Gasteiger charge is -2.16. The van der Waals surface area contributed by atoms with Crippen LogP contribution in [0.3, 0.4) is 0 Å². The number of nitrogens with zero attached hydrogens (tertiary/aromatic N) is 1. The summed E-state index contributed by atoms with van der Waals surface area (Å²) < 4.78 is 11.3. The molecule has 24 heavy (non-hydrogen) atoms. The van der Waals surface area contributed by atoms with Gasteiger partial charge in [-0.3, -0.25) is 4.99 Å². The molecule has 1 unspecified atom stereocenters. The monoisotopic (exact) mass is 335 g/mol. The number of ether oxygens (including phenoxy) is 2. The number of benzene rings is 1. The molecule has 136 valence electrons. The van der Waals surface area contributed by atoms with Gasteiger partial charge in [0.05, 0.1) is 19.8 Å². The van der Waals surface area contributed by atoms with Gasteiger partial charge in [-0.05, 0) is 17.9 Å². The second-order valence-corrected chi connectivity index (χ2v) is 5.95. The summed E-state index contributed by atoms with van der Waals surface area (Å²) in [6, 6.07) is 10.2. The van der Waals surface area contributed by atoms with Gasteiger partial charge in [-0.25, -0.2) is 0 Å². The van der Waals surface area contributed by atoms with Crippen LogP contribution in [-0.2, 0) is 16.1 Å². The topological polar surface area (TPSA) is 54.9 Å². The minimum atomic E-state index is 0.410. The quantitative estimate of drug-likeness (QED) is 0.350. The number of nitrogens with one attached hydrogen (secondary N) is 2. The van der Waals surface area contributed by atoms with Gasteiger partial charge in [0.25, 0.3) is 0 Å². The normalized spacial score (nSPS) is 12.9. The molecule has 0 saturated carbocycles. The standard InChI is InChI=1S/C19H33N3O2/c1-4-5-12-23-13-11-21-19(20-3)22-14-17(2)15-24-16-18-9-7-6-8-10-18/h6-10,17H,4-5,11-16H2,1-3H3,(H2,20,21,22). The molecule has 0 saturated heterocycles. The molecule has 1 rings (SSSR count). The van der Waals surface area contributed by atoms with E-state index >= 15 is 0 Å². The summed E-state index contributed by atoms with van der Waals surface area (Å²) in [7, 11) is 1.78. The summed E-state index contributed by atoms with van der Waals surface area (Å²) in [5.41, 5.74) is 1.21. The van der Waals surface area contributed by atoms with Crippen molar-refractivity contribution in [1.82, 2.24) is 10.6 Å². The van der Waals surface area contributed by atoms with Crippen LogP contribution in [0.1, 0.15) is 32.3 Å². The lowest BCUT2D eigenvalue weighted by atomic mass is 10.2. The fourth-order valence-corrected chi connectivity index (χ4v) is 2.09. The molecule has 0 spiro atoms. The van der Waals surface area contributed by atoms with Crippen molar-refractivity contribution in [2.75, 3.05) is 40.0 Å². The van der Waals surface area contributed by atoms with Crippen molar-refractivity contribution in [3.63, 3.8) is 0 Å². The lowest BCUT2D eigenvalue weighted by molar-refractivity contribution is 0.0930. The number of hydrogen-bond donors (Lipinski definition) is 2. The Morgan fingerprint density at radius 1 is 1.12 bits per heavy atom. The van der Waals surface area contributed by atoms with E-state index in [2.05, 4.69) is 41.6 Å². The summed E-state index contributed by atoms with van der Waals surface area (Å²) in [5.74, 6) is 1.22. The Labute approximate surface area is 146 Å². The minimum absolute atomic E-state index is 0.410. The van der Waals surface area contributed by atoms with Crippen molar-refractivity contribution < 1.29 is 9.47 Å². The summed E-state index contributed by atoms with van der Waals surface area (Å²) >= 11 is 0. The molecular weight excluding hydrogens is 302 g/mol. The minimum Gasteiger partial charge on any atom is -0.380 e. The summed E-state index contributed by atoms with van der Waals surface area (Å²) in [5, 5.41) is 6.58. The van der Waals surface area contributed by atoms with Crippen molar-refractivity contribution in [2.24, 2.45) is 10.9 Å². The second-order valence-electron chi connectivity index (χ2n) is 5.95. The highest BCUT2D eigenvalue weighted by molar-refractivity contribution is 5.79. The van der Waals surface area contributed by atoms with Crippen molar-refractivity contribution in [2.45, 2.75) is 33.3 Å². The Morgan fingerprint density at radius 2 is 1.92 bits per heavy atom. The first kappa shape index (κ1) is 20.5. The van der Waals surface area contributed by atoms with E-state index in [1.807, 2.05) is 18.2 Å². The lowest BCUT2D eigenvalue weighted by Crippen LogP contribution is -2.41. The van der Waals surface area contributed by atoms with E-state index in [-0.39, 0.29) is 0 Å². The number of unbranched alkanes of at least 4 members (excludes halogenated alkanes) is 1. The van der Waals surface area contributed by atoms with E-state index in [1.54, 1.807) is 7.05 Å². The predicted octanol–water partition coefficient (Wildman–Crippen LogP) is 2.82. The zero-order chi connectivity index (χ0) is 17.5. The van der Waals surface area contributed by atoms with Crippen LogP contribution < -0.4 is 10.6 Å². The average Bonchev–Trinajstić information content (AvgIpc) is 2.61. The van der Waals surface area contributed by atoms with Crippen LogP contribution in [0.15, 0.2) is 35.3 Å². The van der Waals surface area contributed by atoms with Crippen molar-refractivity contribution in [3.05, 3.63) is 35.9 Å². The predicted molar refractivity (Wildman–Crippen MR) is 100 cm³/mol. The van der Waals surface area contributed by atoms with E-state index in [0.717, 1.165) is 38.7 Å². The van der Waals surface area contributed by atoms with Gasteiger partial charge in [-0.2, -0.15) is 0 Å². The third-order valence-corrected chi connectivity index (χ3v) is 3.54. The number of aliphatic imine (C=N–C) groups is 1. The molecule has 1 aromatic rings. The molecule has 0 heterocycles. The Bertz CT molecular complexity index is 437. The molecule has 5 nitrogen and oxygen atoms in total. The number of rotatable bonds is 12. The molecule has 0 aliphatic carbocycles. The molecule has 0 aliphatic heterocycles. The van der Waals surface area contributed by atoms with Crippen molar-refractivity contribution >= 4 is 5.96 Å².